The van der Waals surface area contributed by atoms with E-state index in [1.807, 2.05) is 0 Å². The first-order valence-corrected chi connectivity index (χ1v) is 3.83. The Labute approximate surface area is 76.7 Å². The van der Waals surface area contributed by atoms with Gasteiger partial charge in [0, 0.05) is 11.6 Å². The highest BCUT2D eigenvalue weighted by Crippen LogP contribution is 2.21. The first kappa shape index (κ1) is 9.89. The summed E-state index contributed by atoms with van der Waals surface area (Å²) < 4.78 is 4.93. The highest BCUT2D eigenvalue weighted by molar-refractivity contribution is 6.46. The van der Waals surface area contributed by atoms with Crippen LogP contribution in [-0.4, -0.2) is 29.8 Å². The third-order valence-electron chi connectivity index (χ3n) is 1.83. The molecule has 13 heavy (non-hydrogen) atoms. The number of methoxy groups -OCH3 is 1. The maximum absolute atomic E-state index is 9.20. The predicted octanol–water partition coefficient (Wildman–Crippen LogP) is -1.14. The largest absolute Gasteiger partial charge is 0.508 e. The number of ether oxygens (including phenoxy) is 1. The zero-order valence-corrected chi connectivity index (χ0v) is 7.32. The van der Waals surface area contributed by atoms with Crippen LogP contribution >= 0.6 is 0 Å². The van der Waals surface area contributed by atoms with Gasteiger partial charge in [-0.2, -0.15) is 0 Å². The minimum atomic E-state index is -0.235. The number of benzene rings is 1. The van der Waals surface area contributed by atoms with Crippen molar-refractivity contribution in [3.05, 3.63) is 17.7 Å². The molecule has 1 rings (SSSR count). The van der Waals surface area contributed by atoms with E-state index in [0.717, 1.165) is 0 Å². The van der Waals surface area contributed by atoms with Gasteiger partial charge in [-0.05, 0) is 11.5 Å². The summed E-state index contributed by atoms with van der Waals surface area (Å²) in [4.78, 5) is 0. The van der Waals surface area contributed by atoms with E-state index in [-0.39, 0.29) is 19.8 Å². The van der Waals surface area contributed by atoms with Crippen LogP contribution in [0.1, 0.15) is 5.56 Å². The molecule has 3 N–H and O–H groups in total. The molecule has 0 unspecified atom stereocenters. The van der Waals surface area contributed by atoms with Crippen molar-refractivity contribution in [1.82, 2.24) is 0 Å². The Bertz CT molecular complexity index is 275. The second-order valence-corrected chi connectivity index (χ2v) is 2.60. The average Bonchev–Trinajstić information content (AvgIpc) is 2.16. The molecule has 0 heterocycles. The summed E-state index contributed by atoms with van der Waals surface area (Å²) in [6, 6.07) is 2.79. The minimum Gasteiger partial charge on any atom is -0.508 e. The van der Waals surface area contributed by atoms with E-state index in [4.69, 9.17) is 14.9 Å². The van der Waals surface area contributed by atoms with Crippen LogP contribution in [0.3, 0.4) is 0 Å². The van der Waals surface area contributed by atoms with Crippen molar-refractivity contribution in [3.8, 4) is 11.5 Å². The molecule has 5 heteroatoms. The smallest absolute Gasteiger partial charge is 0.305 e. The van der Waals surface area contributed by atoms with Crippen LogP contribution < -0.4 is 10.2 Å². The third-order valence-corrected chi connectivity index (χ3v) is 1.83. The summed E-state index contributed by atoms with van der Waals surface area (Å²) in [6.45, 7) is -0.223. The van der Waals surface area contributed by atoms with E-state index in [1.165, 1.54) is 19.2 Å². The topological polar surface area (TPSA) is 69.9 Å². The van der Waals surface area contributed by atoms with Gasteiger partial charge in [-0.3, -0.25) is 0 Å². The van der Waals surface area contributed by atoms with Gasteiger partial charge in [0.15, 0.2) is 0 Å². The van der Waals surface area contributed by atoms with Crippen molar-refractivity contribution in [1.29, 1.82) is 0 Å². The zero-order valence-electron chi connectivity index (χ0n) is 7.32. The Balaban J connectivity index is 3.25. The number of hydrogen-bond donors (Lipinski definition) is 3. The minimum absolute atomic E-state index is 0.0121. The molecule has 0 atom stereocenters. The van der Waals surface area contributed by atoms with Gasteiger partial charge >= 0.3 is 7.48 Å². The number of aromatic hydroxyl groups is 1. The lowest BCUT2D eigenvalue weighted by Gasteiger charge is -2.10. The molecule has 0 bridgehead atoms. The molecule has 0 fully saturated rings. The predicted molar refractivity (Wildman–Crippen MR) is 49.6 cm³/mol. The van der Waals surface area contributed by atoms with E-state index >= 15 is 0 Å². The van der Waals surface area contributed by atoms with Gasteiger partial charge in [0.2, 0.25) is 0 Å². The fraction of sp³-hybridized carbons (Fsp3) is 0.250. The number of phenolic OH excluding ortho intramolecular Hbond substituents is 1. The molecule has 0 aliphatic heterocycles. The summed E-state index contributed by atoms with van der Waals surface area (Å²) in [5, 5.41) is 27.1. The highest BCUT2D eigenvalue weighted by atomic mass is 16.5. The molecule has 0 saturated carbocycles. The van der Waals surface area contributed by atoms with E-state index in [9.17, 15) is 5.11 Å². The Morgan fingerprint density at radius 2 is 2.15 bits per heavy atom. The molecule has 0 radical (unpaired) electrons. The molecule has 1 aromatic rings. The molecule has 0 aliphatic rings. The van der Waals surface area contributed by atoms with E-state index in [0.29, 0.717) is 16.8 Å². The van der Waals surface area contributed by atoms with Gasteiger partial charge in [0.25, 0.3) is 0 Å². The van der Waals surface area contributed by atoms with Crippen LogP contribution in [-0.2, 0) is 6.61 Å². The van der Waals surface area contributed by atoms with Crippen LogP contribution in [0.25, 0.3) is 0 Å². The molecule has 0 aliphatic carbocycles. The van der Waals surface area contributed by atoms with Gasteiger partial charge in [0.05, 0.1) is 13.7 Å². The van der Waals surface area contributed by atoms with Gasteiger partial charge < -0.3 is 20.0 Å². The Morgan fingerprint density at radius 1 is 1.46 bits per heavy atom. The normalized spacial score (nSPS) is 9.77. The average molecular weight is 182 g/mol. The number of rotatable bonds is 3. The first-order chi connectivity index (χ1) is 6.22. The first-order valence-electron chi connectivity index (χ1n) is 3.83. The van der Waals surface area contributed by atoms with Crippen LogP contribution in [0.4, 0.5) is 0 Å². The number of phenols is 1. The van der Waals surface area contributed by atoms with Crippen molar-refractivity contribution in [2.24, 2.45) is 0 Å². The van der Waals surface area contributed by atoms with Crippen molar-refractivity contribution >= 4 is 12.9 Å². The van der Waals surface area contributed by atoms with Crippen molar-refractivity contribution in [2.45, 2.75) is 6.61 Å². The van der Waals surface area contributed by atoms with Gasteiger partial charge in [0.1, 0.15) is 11.5 Å². The fourth-order valence-corrected chi connectivity index (χ4v) is 1.19. The summed E-state index contributed by atoms with van der Waals surface area (Å²) in [7, 11) is 1.20. The quantitative estimate of drug-likeness (QED) is 0.517. The number of hydrogen-bond acceptors (Lipinski definition) is 4. The lowest BCUT2D eigenvalue weighted by atomic mass is 9.84. The van der Waals surface area contributed by atoms with E-state index < -0.39 is 0 Å². The third kappa shape index (κ3) is 1.94. The summed E-state index contributed by atoms with van der Waals surface area (Å²) in [5.74, 6) is 0.393. The van der Waals surface area contributed by atoms with Crippen LogP contribution in [0.15, 0.2) is 12.1 Å². The SMILES string of the molecule is COc1cc(O)cc(BO)c1CO. The summed E-state index contributed by atoms with van der Waals surface area (Å²) >= 11 is 0. The zero-order chi connectivity index (χ0) is 9.84. The van der Waals surface area contributed by atoms with Gasteiger partial charge in [-0.1, -0.05) is 0 Å². The second-order valence-electron chi connectivity index (χ2n) is 2.60. The second kappa shape index (κ2) is 4.16. The van der Waals surface area contributed by atoms with Gasteiger partial charge in [-0.15, -0.1) is 0 Å². The standard InChI is InChI=1S/C8H11BO4/c1-13-8-3-5(11)2-7(9-12)6(8)4-10/h2-3,9-12H,4H2,1H3. The van der Waals surface area contributed by atoms with E-state index in [1.54, 1.807) is 0 Å². The maximum Gasteiger partial charge on any atom is 0.305 e. The van der Waals surface area contributed by atoms with E-state index in [2.05, 4.69) is 0 Å². The molecule has 0 saturated heterocycles. The molecular formula is C8H11BO4. The lowest BCUT2D eigenvalue weighted by Crippen LogP contribution is -2.19. The molecular weight excluding hydrogens is 171 g/mol. The highest BCUT2D eigenvalue weighted by Gasteiger charge is 2.10. The van der Waals surface area contributed by atoms with Crippen LogP contribution in [0, 0.1) is 0 Å². The lowest BCUT2D eigenvalue weighted by molar-refractivity contribution is 0.274. The van der Waals surface area contributed by atoms with Crippen molar-refractivity contribution < 1.29 is 20.0 Å². The van der Waals surface area contributed by atoms with Crippen LogP contribution in [0.5, 0.6) is 11.5 Å². The summed E-state index contributed by atoms with van der Waals surface area (Å²) in [6.07, 6.45) is 0. The van der Waals surface area contributed by atoms with Crippen molar-refractivity contribution in [2.75, 3.05) is 7.11 Å². The van der Waals surface area contributed by atoms with Gasteiger partial charge in [-0.25, -0.2) is 0 Å². The number of aliphatic hydroxyl groups excluding tert-OH is 1. The Hall–Kier alpha value is -1.20. The molecule has 1 aromatic carbocycles. The molecule has 0 amide bonds. The fourth-order valence-electron chi connectivity index (χ4n) is 1.19. The summed E-state index contributed by atoms with van der Waals surface area (Å²) in [5.41, 5.74) is 0.974. The van der Waals surface area contributed by atoms with Crippen LogP contribution in [0.2, 0.25) is 0 Å². The maximum atomic E-state index is 9.20. The molecule has 0 spiro atoms. The molecule has 0 aromatic heterocycles. The molecule has 4 nitrogen and oxygen atoms in total. The monoisotopic (exact) mass is 182 g/mol. The number of aliphatic hydroxyl groups is 1. The Morgan fingerprint density at radius 3 is 2.62 bits per heavy atom. The molecule has 70 valence electrons. The Kier molecular flexibility index (Phi) is 3.16. The van der Waals surface area contributed by atoms with Crippen molar-refractivity contribution in [3.63, 3.8) is 0 Å².